The number of nitro groups is 1. The lowest BCUT2D eigenvalue weighted by atomic mass is 9.99. The molecule has 1 aromatic carbocycles. The molecule has 0 aliphatic rings. The zero-order valence-corrected chi connectivity index (χ0v) is 10.8. The highest BCUT2D eigenvalue weighted by molar-refractivity contribution is 5.81. The molecular weight excluding hydrogens is 271 g/mol. The van der Waals surface area contributed by atoms with Crippen molar-refractivity contribution in [3.05, 3.63) is 33.6 Å². The van der Waals surface area contributed by atoms with Crippen molar-refractivity contribution >= 4 is 11.7 Å². The molecule has 8 heteroatoms. The van der Waals surface area contributed by atoms with Crippen molar-refractivity contribution in [2.75, 3.05) is 13.7 Å². The molecule has 1 aromatic rings. The second-order valence-electron chi connectivity index (χ2n) is 3.62. The Morgan fingerprint density at radius 1 is 1.60 bits per heavy atom. The van der Waals surface area contributed by atoms with Crippen molar-refractivity contribution in [2.24, 2.45) is 0 Å². The summed E-state index contributed by atoms with van der Waals surface area (Å²) in [6, 6.07) is 3.17. The van der Waals surface area contributed by atoms with E-state index in [9.17, 15) is 19.3 Å². The Morgan fingerprint density at radius 3 is 2.70 bits per heavy atom. The van der Waals surface area contributed by atoms with E-state index < -0.39 is 28.3 Å². The number of nitro benzene ring substituents is 1. The summed E-state index contributed by atoms with van der Waals surface area (Å²) >= 11 is 0. The minimum Gasteiger partial charge on any atom is -0.490 e. The zero-order valence-electron chi connectivity index (χ0n) is 10.8. The van der Waals surface area contributed by atoms with Crippen LogP contribution in [-0.2, 0) is 9.53 Å². The number of esters is 1. The number of benzene rings is 1. The van der Waals surface area contributed by atoms with Crippen molar-refractivity contribution < 1.29 is 23.6 Å². The van der Waals surface area contributed by atoms with Gasteiger partial charge in [0.15, 0.2) is 11.7 Å². The van der Waals surface area contributed by atoms with E-state index in [1.807, 2.05) is 0 Å². The molecule has 0 aliphatic heterocycles. The monoisotopic (exact) mass is 282 g/mol. The van der Waals surface area contributed by atoms with E-state index in [0.29, 0.717) is 6.07 Å². The summed E-state index contributed by atoms with van der Waals surface area (Å²) in [6.07, 6.45) is 0. The molecule has 0 saturated heterocycles. The number of methoxy groups -OCH3 is 1. The highest BCUT2D eigenvalue weighted by Gasteiger charge is 2.29. The van der Waals surface area contributed by atoms with Gasteiger partial charge in [-0.25, -0.2) is 4.39 Å². The largest absolute Gasteiger partial charge is 0.490 e. The van der Waals surface area contributed by atoms with Gasteiger partial charge in [0, 0.05) is 5.56 Å². The molecule has 0 aromatic heterocycles. The maximum atomic E-state index is 13.8. The average Bonchev–Trinajstić information content (AvgIpc) is 2.41. The predicted molar refractivity (Wildman–Crippen MR) is 64.6 cm³/mol. The number of hydrogen-bond donors (Lipinski definition) is 0. The zero-order chi connectivity index (χ0) is 15.3. The topological polar surface area (TPSA) is 102 Å². The Morgan fingerprint density at radius 2 is 2.25 bits per heavy atom. The van der Waals surface area contributed by atoms with Crippen LogP contribution < -0.4 is 4.74 Å². The number of halogens is 1. The molecule has 0 N–H and O–H groups in total. The minimum absolute atomic E-state index is 0.0305. The molecule has 0 aliphatic carbocycles. The van der Waals surface area contributed by atoms with Crippen LogP contribution in [0.25, 0.3) is 0 Å². The lowest BCUT2D eigenvalue weighted by Gasteiger charge is -2.11. The first-order valence-electron chi connectivity index (χ1n) is 5.54. The Balaban J connectivity index is 3.35. The van der Waals surface area contributed by atoms with Crippen LogP contribution in [0.5, 0.6) is 5.75 Å². The summed E-state index contributed by atoms with van der Waals surface area (Å²) < 4.78 is 23.3. The Bertz CT molecular complexity index is 582. The molecule has 0 fully saturated rings. The second-order valence-corrected chi connectivity index (χ2v) is 3.62. The molecule has 0 bridgehead atoms. The van der Waals surface area contributed by atoms with Gasteiger partial charge in [0.05, 0.1) is 30.8 Å². The van der Waals surface area contributed by atoms with Crippen LogP contribution in [0.15, 0.2) is 12.1 Å². The van der Waals surface area contributed by atoms with Crippen LogP contribution in [0.1, 0.15) is 18.4 Å². The van der Waals surface area contributed by atoms with Crippen LogP contribution in [0, 0.1) is 27.3 Å². The van der Waals surface area contributed by atoms with Crippen molar-refractivity contribution in [3.63, 3.8) is 0 Å². The van der Waals surface area contributed by atoms with Crippen molar-refractivity contribution in [1.82, 2.24) is 0 Å². The first-order chi connectivity index (χ1) is 9.46. The average molecular weight is 282 g/mol. The Hall–Kier alpha value is -2.69. The number of rotatable bonds is 5. The summed E-state index contributed by atoms with van der Waals surface area (Å²) in [5.74, 6) is -3.72. The molecule has 7 nitrogen and oxygen atoms in total. The highest BCUT2D eigenvalue weighted by atomic mass is 19.1. The summed E-state index contributed by atoms with van der Waals surface area (Å²) in [7, 11) is 1.16. The van der Waals surface area contributed by atoms with E-state index in [2.05, 4.69) is 4.74 Å². The standard InChI is InChI=1S/C12H11FN2O5/c1-3-20-12(16)8(6-14)7-4-11(19-2)10(15(17)18)5-9(7)13/h4-5,8H,3H2,1-2H3. The van der Waals surface area contributed by atoms with Crippen LogP contribution in [0.4, 0.5) is 10.1 Å². The van der Waals surface area contributed by atoms with Gasteiger partial charge < -0.3 is 9.47 Å². The molecule has 0 radical (unpaired) electrons. The first-order valence-corrected chi connectivity index (χ1v) is 5.54. The number of nitrogens with zero attached hydrogens (tertiary/aromatic N) is 2. The van der Waals surface area contributed by atoms with Crippen LogP contribution >= 0.6 is 0 Å². The van der Waals surface area contributed by atoms with Gasteiger partial charge >= 0.3 is 11.7 Å². The van der Waals surface area contributed by atoms with E-state index >= 15 is 0 Å². The van der Waals surface area contributed by atoms with Crippen molar-refractivity contribution in [1.29, 1.82) is 5.26 Å². The van der Waals surface area contributed by atoms with Gasteiger partial charge in [0.25, 0.3) is 0 Å². The normalized spacial score (nSPS) is 11.3. The van der Waals surface area contributed by atoms with Crippen molar-refractivity contribution in [3.8, 4) is 11.8 Å². The van der Waals surface area contributed by atoms with Gasteiger partial charge in [-0.05, 0) is 13.0 Å². The van der Waals surface area contributed by atoms with Gasteiger partial charge in [-0.3, -0.25) is 14.9 Å². The SMILES string of the molecule is CCOC(=O)C(C#N)c1cc(OC)c([N+](=O)[O-])cc1F. The molecule has 1 atom stereocenters. The third kappa shape index (κ3) is 3.00. The smallest absolute Gasteiger partial charge is 0.328 e. The highest BCUT2D eigenvalue weighted by Crippen LogP contribution is 2.33. The predicted octanol–water partition coefficient (Wildman–Crippen LogP) is 1.91. The molecule has 0 saturated carbocycles. The van der Waals surface area contributed by atoms with Gasteiger partial charge in [-0.1, -0.05) is 0 Å². The number of carbonyl (C=O) groups excluding carboxylic acids is 1. The fraction of sp³-hybridized carbons (Fsp3) is 0.333. The number of nitriles is 1. The first kappa shape index (κ1) is 15.4. The third-order valence-electron chi connectivity index (χ3n) is 2.46. The van der Waals surface area contributed by atoms with Crippen LogP contribution in [0.3, 0.4) is 0 Å². The lowest BCUT2D eigenvalue weighted by Crippen LogP contribution is -2.16. The molecular formula is C12H11FN2O5. The fourth-order valence-electron chi connectivity index (χ4n) is 1.56. The molecule has 1 unspecified atom stereocenters. The van der Waals surface area contributed by atoms with Gasteiger partial charge in [-0.2, -0.15) is 5.26 Å². The quantitative estimate of drug-likeness (QED) is 0.464. The molecule has 0 spiro atoms. The maximum absolute atomic E-state index is 13.8. The number of carbonyl (C=O) groups is 1. The van der Waals surface area contributed by atoms with E-state index in [4.69, 9.17) is 10.00 Å². The van der Waals surface area contributed by atoms with E-state index in [1.165, 1.54) is 0 Å². The third-order valence-corrected chi connectivity index (χ3v) is 2.46. The van der Waals surface area contributed by atoms with Gasteiger partial charge in [0.2, 0.25) is 0 Å². The molecule has 0 heterocycles. The van der Waals surface area contributed by atoms with Crippen molar-refractivity contribution in [2.45, 2.75) is 12.8 Å². The minimum atomic E-state index is -1.51. The van der Waals surface area contributed by atoms with Crippen LogP contribution in [-0.4, -0.2) is 24.6 Å². The van der Waals surface area contributed by atoms with Crippen LogP contribution in [0.2, 0.25) is 0 Å². The Labute approximate surface area is 113 Å². The number of hydrogen-bond acceptors (Lipinski definition) is 6. The number of ether oxygens (including phenoxy) is 2. The maximum Gasteiger partial charge on any atom is 0.328 e. The molecule has 0 amide bonds. The molecule has 1 rings (SSSR count). The van der Waals surface area contributed by atoms with Gasteiger partial charge in [-0.15, -0.1) is 0 Å². The van der Waals surface area contributed by atoms with Gasteiger partial charge in [0.1, 0.15) is 5.82 Å². The van der Waals surface area contributed by atoms with E-state index in [0.717, 1.165) is 13.2 Å². The fourth-order valence-corrected chi connectivity index (χ4v) is 1.56. The summed E-state index contributed by atoms with van der Waals surface area (Å²) in [4.78, 5) is 21.5. The van der Waals surface area contributed by atoms with E-state index in [-0.39, 0.29) is 17.9 Å². The molecule has 20 heavy (non-hydrogen) atoms. The second kappa shape index (κ2) is 6.47. The summed E-state index contributed by atoms with van der Waals surface area (Å²) in [5, 5.41) is 19.7. The summed E-state index contributed by atoms with van der Waals surface area (Å²) in [6.45, 7) is 1.57. The Kier molecular flexibility index (Phi) is 4.97. The lowest BCUT2D eigenvalue weighted by molar-refractivity contribution is -0.386. The summed E-state index contributed by atoms with van der Waals surface area (Å²) in [5.41, 5.74) is -0.914. The molecule has 106 valence electrons. The van der Waals surface area contributed by atoms with E-state index in [1.54, 1.807) is 13.0 Å².